The van der Waals surface area contributed by atoms with Crippen LogP contribution in [0.1, 0.15) is 24.5 Å². The number of carbonyl (C=O) groups is 1. The van der Waals surface area contributed by atoms with Crippen molar-refractivity contribution in [2.45, 2.75) is 27.2 Å². The molecule has 5 nitrogen and oxygen atoms in total. The van der Waals surface area contributed by atoms with Crippen LogP contribution in [0.15, 0.2) is 42.5 Å². The van der Waals surface area contributed by atoms with Gasteiger partial charge in [0, 0.05) is 31.9 Å². The van der Waals surface area contributed by atoms with E-state index in [4.69, 9.17) is 4.74 Å². The largest absolute Gasteiger partial charge is 0.491 e. The molecular formula is C23H31N3O2. The van der Waals surface area contributed by atoms with Gasteiger partial charge in [0.05, 0.1) is 18.8 Å². The minimum atomic E-state index is 0.00716. The van der Waals surface area contributed by atoms with E-state index in [0.29, 0.717) is 13.2 Å². The van der Waals surface area contributed by atoms with Crippen LogP contribution in [0, 0.1) is 13.8 Å². The summed E-state index contributed by atoms with van der Waals surface area (Å²) in [7, 11) is 0. The molecule has 0 saturated carbocycles. The minimum Gasteiger partial charge on any atom is -0.491 e. The van der Waals surface area contributed by atoms with E-state index in [1.54, 1.807) is 0 Å². The Labute approximate surface area is 168 Å². The number of benzene rings is 2. The van der Waals surface area contributed by atoms with Gasteiger partial charge in [-0.15, -0.1) is 0 Å². The van der Waals surface area contributed by atoms with Gasteiger partial charge in [-0.05, 0) is 49.6 Å². The van der Waals surface area contributed by atoms with Crippen molar-refractivity contribution in [3.8, 4) is 5.75 Å². The predicted octanol–water partition coefficient (Wildman–Crippen LogP) is 3.85. The number of amides is 1. The number of nitrogens with zero attached hydrogens (tertiary/aromatic N) is 2. The summed E-state index contributed by atoms with van der Waals surface area (Å²) in [5.41, 5.74) is 4.72. The first-order chi connectivity index (χ1) is 13.6. The highest BCUT2D eigenvalue weighted by Crippen LogP contribution is 2.25. The number of hydrogen-bond acceptors (Lipinski definition) is 4. The van der Waals surface area contributed by atoms with Crippen LogP contribution in [0.4, 0.5) is 11.4 Å². The fraction of sp³-hybridized carbons (Fsp3) is 0.435. The second-order valence-corrected chi connectivity index (χ2v) is 7.38. The predicted molar refractivity (Wildman–Crippen MR) is 115 cm³/mol. The lowest BCUT2D eigenvalue weighted by molar-refractivity contribution is -0.117. The fourth-order valence-electron chi connectivity index (χ4n) is 3.53. The number of para-hydroxylation sites is 2. The van der Waals surface area contributed by atoms with Crippen LogP contribution in [0.2, 0.25) is 0 Å². The van der Waals surface area contributed by atoms with Crippen LogP contribution < -0.4 is 15.0 Å². The van der Waals surface area contributed by atoms with Gasteiger partial charge in [0.15, 0.2) is 0 Å². The van der Waals surface area contributed by atoms with Crippen molar-refractivity contribution in [3.63, 3.8) is 0 Å². The average molecular weight is 382 g/mol. The molecule has 1 saturated heterocycles. The maximum atomic E-state index is 12.5. The molecule has 1 aliphatic heterocycles. The zero-order valence-electron chi connectivity index (χ0n) is 17.2. The van der Waals surface area contributed by atoms with Gasteiger partial charge in [-0.3, -0.25) is 9.69 Å². The average Bonchev–Trinajstić information content (AvgIpc) is 2.70. The number of nitrogens with one attached hydrogen (secondary N) is 1. The maximum absolute atomic E-state index is 12.5. The van der Waals surface area contributed by atoms with Gasteiger partial charge in [-0.25, -0.2) is 0 Å². The van der Waals surface area contributed by atoms with E-state index < -0.39 is 0 Å². The number of piperazine rings is 1. The van der Waals surface area contributed by atoms with Crippen molar-refractivity contribution < 1.29 is 9.53 Å². The molecule has 1 heterocycles. The monoisotopic (exact) mass is 381 g/mol. The molecule has 150 valence electrons. The number of ether oxygens (including phenoxy) is 1. The van der Waals surface area contributed by atoms with Crippen LogP contribution in [-0.2, 0) is 4.79 Å². The Kier molecular flexibility index (Phi) is 6.93. The molecule has 0 bridgehead atoms. The van der Waals surface area contributed by atoms with Crippen molar-refractivity contribution in [2.24, 2.45) is 0 Å². The van der Waals surface area contributed by atoms with Crippen molar-refractivity contribution in [1.29, 1.82) is 0 Å². The van der Waals surface area contributed by atoms with Crippen molar-refractivity contribution in [2.75, 3.05) is 49.5 Å². The summed E-state index contributed by atoms with van der Waals surface area (Å²) in [4.78, 5) is 17.2. The Hall–Kier alpha value is -2.53. The van der Waals surface area contributed by atoms with E-state index in [1.807, 2.05) is 24.3 Å². The van der Waals surface area contributed by atoms with Crippen LogP contribution in [0.25, 0.3) is 0 Å². The van der Waals surface area contributed by atoms with Gasteiger partial charge < -0.3 is 15.0 Å². The SMILES string of the molecule is CCCOc1ccccc1NC(=O)CN1CCN(c2cccc(C)c2C)CC1. The quantitative estimate of drug-likeness (QED) is 0.791. The number of aryl methyl sites for hydroxylation is 1. The summed E-state index contributed by atoms with van der Waals surface area (Å²) >= 11 is 0. The van der Waals surface area contributed by atoms with Gasteiger partial charge in [-0.2, -0.15) is 0 Å². The van der Waals surface area contributed by atoms with E-state index in [9.17, 15) is 4.79 Å². The molecular weight excluding hydrogens is 350 g/mol. The lowest BCUT2D eigenvalue weighted by Crippen LogP contribution is -2.48. The Morgan fingerprint density at radius 1 is 1.04 bits per heavy atom. The second-order valence-electron chi connectivity index (χ2n) is 7.38. The third-order valence-corrected chi connectivity index (χ3v) is 5.28. The Morgan fingerprint density at radius 3 is 2.54 bits per heavy atom. The van der Waals surface area contributed by atoms with Crippen molar-refractivity contribution in [3.05, 3.63) is 53.6 Å². The smallest absolute Gasteiger partial charge is 0.238 e. The third kappa shape index (κ3) is 5.04. The molecule has 28 heavy (non-hydrogen) atoms. The molecule has 1 amide bonds. The molecule has 2 aromatic rings. The molecule has 2 aromatic carbocycles. The summed E-state index contributed by atoms with van der Waals surface area (Å²) in [5, 5.41) is 3.01. The van der Waals surface area contributed by atoms with E-state index in [-0.39, 0.29) is 5.91 Å². The van der Waals surface area contributed by atoms with Crippen LogP contribution in [0.3, 0.4) is 0 Å². The normalized spacial score (nSPS) is 14.8. The van der Waals surface area contributed by atoms with Gasteiger partial charge in [0.1, 0.15) is 5.75 Å². The Balaban J connectivity index is 1.52. The molecule has 5 heteroatoms. The summed E-state index contributed by atoms with van der Waals surface area (Å²) < 4.78 is 5.73. The van der Waals surface area contributed by atoms with E-state index in [0.717, 1.165) is 44.0 Å². The third-order valence-electron chi connectivity index (χ3n) is 5.28. The first-order valence-electron chi connectivity index (χ1n) is 10.1. The lowest BCUT2D eigenvalue weighted by Gasteiger charge is -2.36. The molecule has 0 unspecified atom stereocenters. The van der Waals surface area contributed by atoms with Gasteiger partial charge in [0.2, 0.25) is 5.91 Å². The highest BCUT2D eigenvalue weighted by Gasteiger charge is 2.21. The summed E-state index contributed by atoms with van der Waals surface area (Å²) in [6.45, 7) is 11.1. The number of carbonyl (C=O) groups excluding carboxylic acids is 1. The summed E-state index contributed by atoms with van der Waals surface area (Å²) in [6.07, 6.45) is 0.937. The maximum Gasteiger partial charge on any atom is 0.238 e. The molecule has 0 aliphatic carbocycles. The van der Waals surface area contributed by atoms with Crippen LogP contribution in [-0.4, -0.2) is 50.1 Å². The lowest BCUT2D eigenvalue weighted by atomic mass is 10.1. The topological polar surface area (TPSA) is 44.8 Å². The second kappa shape index (κ2) is 9.60. The minimum absolute atomic E-state index is 0.00716. The molecule has 3 rings (SSSR count). The zero-order chi connectivity index (χ0) is 19.9. The van der Waals surface area contributed by atoms with E-state index >= 15 is 0 Å². The van der Waals surface area contributed by atoms with Gasteiger partial charge in [0.25, 0.3) is 0 Å². The van der Waals surface area contributed by atoms with Crippen LogP contribution in [0.5, 0.6) is 5.75 Å². The molecule has 1 fully saturated rings. The standard InChI is InChI=1S/C23H31N3O2/c1-4-16-28-22-11-6-5-9-20(22)24-23(27)17-25-12-14-26(15-13-25)21-10-7-8-18(2)19(21)3/h5-11H,4,12-17H2,1-3H3,(H,24,27). The Bertz CT molecular complexity index is 798. The van der Waals surface area contributed by atoms with Gasteiger partial charge >= 0.3 is 0 Å². The van der Waals surface area contributed by atoms with E-state index in [1.165, 1.54) is 16.8 Å². The summed E-state index contributed by atoms with van der Waals surface area (Å²) in [6, 6.07) is 14.1. The molecule has 0 radical (unpaired) electrons. The number of anilines is 2. The molecule has 1 N–H and O–H groups in total. The first kappa shape index (κ1) is 20.2. The Morgan fingerprint density at radius 2 is 1.79 bits per heavy atom. The van der Waals surface area contributed by atoms with Crippen LogP contribution >= 0.6 is 0 Å². The molecule has 0 aromatic heterocycles. The first-order valence-corrected chi connectivity index (χ1v) is 10.1. The highest BCUT2D eigenvalue weighted by atomic mass is 16.5. The number of hydrogen-bond donors (Lipinski definition) is 1. The van der Waals surface area contributed by atoms with E-state index in [2.05, 4.69) is 54.1 Å². The molecule has 0 spiro atoms. The van der Waals surface area contributed by atoms with Gasteiger partial charge in [-0.1, -0.05) is 31.2 Å². The summed E-state index contributed by atoms with van der Waals surface area (Å²) in [5.74, 6) is 0.741. The number of rotatable bonds is 7. The zero-order valence-corrected chi connectivity index (χ0v) is 17.2. The fourth-order valence-corrected chi connectivity index (χ4v) is 3.53. The molecule has 1 aliphatic rings. The highest BCUT2D eigenvalue weighted by molar-refractivity contribution is 5.93. The van der Waals surface area contributed by atoms with Crippen molar-refractivity contribution in [1.82, 2.24) is 4.90 Å². The molecule has 0 atom stereocenters. The van der Waals surface area contributed by atoms with Crippen molar-refractivity contribution >= 4 is 17.3 Å².